The number of benzene rings is 1. The molecule has 0 radical (unpaired) electrons. The summed E-state index contributed by atoms with van der Waals surface area (Å²) < 4.78 is 28.6. The summed E-state index contributed by atoms with van der Waals surface area (Å²) in [7, 11) is -1.83. The van der Waals surface area contributed by atoms with E-state index in [2.05, 4.69) is 0 Å². The van der Waals surface area contributed by atoms with Crippen molar-refractivity contribution in [1.29, 1.82) is 0 Å². The van der Waals surface area contributed by atoms with Crippen molar-refractivity contribution in [2.75, 3.05) is 19.5 Å². The van der Waals surface area contributed by atoms with Crippen LogP contribution >= 0.6 is 0 Å². The fourth-order valence-corrected chi connectivity index (χ4v) is 2.96. The molecule has 0 saturated carbocycles. The first-order chi connectivity index (χ1) is 8.46. The van der Waals surface area contributed by atoms with Crippen LogP contribution in [0, 0.1) is 0 Å². The first-order valence-corrected chi connectivity index (χ1v) is 7.39. The van der Waals surface area contributed by atoms with E-state index in [0.717, 1.165) is 0 Å². The lowest BCUT2D eigenvalue weighted by Gasteiger charge is -2.22. The molecule has 5 nitrogen and oxygen atoms in total. The van der Waals surface area contributed by atoms with Crippen LogP contribution in [0.1, 0.15) is 18.5 Å². The number of hydrogen-bond donors (Lipinski definition) is 2. The molecule has 6 heteroatoms. The number of methoxy groups -OCH3 is 1. The Morgan fingerprint density at radius 1 is 1.33 bits per heavy atom. The number of nitrogens with two attached hydrogens (primary N) is 1. The van der Waals surface area contributed by atoms with Gasteiger partial charge in [0.1, 0.15) is 11.0 Å². The molecular formula is C12H19NO4S. The van der Waals surface area contributed by atoms with Crippen LogP contribution in [0.3, 0.4) is 0 Å². The molecule has 1 aromatic carbocycles. The molecule has 18 heavy (non-hydrogen) atoms. The topological polar surface area (TPSA) is 89.6 Å². The average Bonchev–Trinajstić information content (AvgIpc) is 2.39. The van der Waals surface area contributed by atoms with Gasteiger partial charge in [0.15, 0.2) is 9.84 Å². The van der Waals surface area contributed by atoms with Gasteiger partial charge in [0.25, 0.3) is 0 Å². The number of sulfone groups is 1. The van der Waals surface area contributed by atoms with Crippen LogP contribution in [0.5, 0.6) is 5.75 Å². The molecule has 0 amide bonds. The third kappa shape index (κ3) is 3.22. The minimum Gasteiger partial charge on any atom is -0.497 e. The van der Waals surface area contributed by atoms with Crippen LogP contribution in [0.2, 0.25) is 0 Å². The molecule has 0 fully saturated rings. The van der Waals surface area contributed by atoms with E-state index >= 15 is 0 Å². The molecule has 0 saturated heterocycles. The zero-order valence-corrected chi connectivity index (χ0v) is 11.4. The number of ether oxygens (including phenoxy) is 1. The van der Waals surface area contributed by atoms with Crippen molar-refractivity contribution < 1.29 is 18.3 Å². The van der Waals surface area contributed by atoms with Gasteiger partial charge in [-0.25, -0.2) is 8.42 Å². The molecule has 0 aromatic heterocycles. The molecule has 0 unspecified atom stereocenters. The quantitative estimate of drug-likeness (QED) is 0.787. The van der Waals surface area contributed by atoms with Crippen molar-refractivity contribution in [2.24, 2.45) is 5.73 Å². The van der Waals surface area contributed by atoms with Gasteiger partial charge in [0.2, 0.25) is 0 Å². The van der Waals surface area contributed by atoms with Gasteiger partial charge in [-0.05, 0) is 17.7 Å². The smallest absolute Gasteiger partial charge is 0.157 e. The summed E-state index contributed by atoms with van der Waals surface area (Å²) in [6.07, 6.45) is 0. The predicted octanol–water partition coefficient (Wildman–Crippen LogP) is 0.491. The van der Waals surface area contributed by atoms with E-state index in [1.54, 1.807) is 38.3 Å². The molecule has 0 bridgehead atoms. The molecule has 2 atom stereocenters. The Morgan fingerprint density at radius 2 is 1.89 bits per heavy atom. The molecule has 3 N–H and O–H groups in total. The van der Waals surface area contributed by atoms with Gasteiger partial charge in [0.05, 0.1) is 13.7 Å². The van der Waals surface area contributed by atoms with Crippen LogP contribution in [-0.4, -0.2) is 38.2 Å². The Morgan fingerprint density at radius 3 is 2.28 bits per heavy atom. The largest absolute Gasteiger partial charge is 0.497 e. The SMILES string of the molecule is CCS(=O)(=O)[C@H](CO)[C@@H](N)c1ccc(OC)cc1. The Hall–Kier alpha value is -1.11. The van der Waals surface area contributed by atoms with Crippen molar-refractivity contribution in [1.82, 2.24) is 0 Å². The van der Waals surface area contributed by atoms with Crippen molar-refractivity contribution in [3.05, 3.63) is 29.8 Å². The second-order valence-corrected chi connectivity index (χ2v) is 6.48. The second-order valence-electron chi connectivity index (χ2n) is 3.97. The first-order valence-electron chi connectivity index (χ1n) is 5.68. The molecule has 0 heterocycles. The summed E-state index contributed by atoms with van der Waals surface area (Å²) in [4.78, 5) is 0. The predicted molar refractivity (Wildman–Crippen MR) is 70.3 cm³/mol. The summed E-state index contributed by atoms with van der Waals surface area (Å²) in [6, 6.07) is 6.09. The van der Waals surface area contributed by atoms with E-state index < -0.39 is 27.7 Å². The van der Waals surface area contributed by atoms with Gasteiger partial charge in [-0.2, -0.15) is 0 Å². The lowest BCUT2D eigenvalue weighted by Crippen LogP contribution is -2.37. The molecule has 1 aromatic rings. The number of aliphatic hydroxyl groups excluding tert-OH is 1. The fraction of sp³-hybridized carbons (Fsp3) is 0.500. The highest BCUT2D eigenvalue weighted by Gasteiger charge is 2.30. The fourth-order valence-electron chi connectivity index (χ4n) is 1.71. The van der Waals surface area contributed by atoms with Crippen molar-refractivity contribution >= 4 is 9.84 Å². The highest BCUT2D eigenvalue weighted by Crippen LogP contribution is 2.22. The molecule has 0 aliphatic heterocycles. The first kappa shape index (κ1) is 14.9. The lowest BCUT2D eigenvalue weighted by molar-refractivity contribution is 0.277. The standard InChI is InChI=1S/C12H19NO4S/c1-3-18(15,16)11(8-14)12(13)9-4-6-10(17-2)7-5-9/h4-7,11-12,14H,3,8,13H2,1-2H3/t11-,12+/m1/s1. The molecule has 0 aliphatic carbocycles. The van der Waals surface area contributed by atoms with Gasteiger partial charge >= 0.3 is 0 Å². The maximum absolute atomic E-state index is 11.8. The normalized spacial score (nSPS) is 15.1. The van der Waals surface area contributed by atoms with Gasteiger partial charge in [0, 0.05) is 11.8 Å². The second kappa shape index (κ2) is 6.17. The number of aliphatic hydroxyl groups is 1. The summed E-state index contributed by atoms with van der Waals surface area (Å²) in [5, 5.41) is 8.27. The van der Waals surface area contributed by atoms with Gasteiger partial charge in [-0.1, -0.05) is 19.1 Å². The van der Waals surface area contributed by atoms with E-state index in [0.29, 0.717) is 11.3 Å². The van der Waals surface area contributed by atoms with Crippen molar-refractivity contribution in [2.45, 2.75) is 18.2 Å². The Kier molecular flexibility index (Phi) is 5.13. The summed E-state index contributed by atoms with van der Waals surface area (Å²) in [5.74, 6) is 0.632. The third-order valence-electron chi connectivity index (χ3n) is 2.94. The maximum Gasteiger partial charge on any atom is 0.157 e. The minimum absolute atomic E-state index is 0.0396. The molecule has 0 aliphatic rings. The van der Waals surface area contributed by atoms with Crippen LogP contribution in [0.25, 0.3) is 0 Å². The van der Waals surface area contributed by atoms with E-state index in [-0.39, 0.29) is 5.75 Å². The highest BCUT2D eigenvalue weighted by atomic mass is 32.2. The van der Waals surface area contributed by atoms with E-state index in [9.17, 15) is 13.5 Å². The van der Waals surface area contributed by atoms with Gasteiger partial charge in [-0.15, -0.1) is 0 Å². The third-order valence-corrected chi connectivity index (χ3v) is 5.11. The zero-order valence-electron chi connectivity index (χ0n) is 10.5. The van der Waals surface area contributed by atoms with E-state index in [1.165, 1.54) is 0 Å². The Labute approximate surface area is 107 Å². The van der Waals surface area contributed by atoms with Crippen molar-refractivity contribution in [3.8, 4) is 5.75 Å². The number of rotatable bonds is 6. The van der Waals surface area contributed by atoms with E-state index in [1.807, 2.05) is 0 Å². The van der Waals surface area contributed by atoms with Crippen LogP contribution in [-0.2, 0) is 9.84 Å². The number of hydrogen-bond acceptors (Lipinski definition) is 5. The van der Waals surface area contributed by atoms with Gasteiger partial charge < -0.3 is 15.6 Å². The lowest BCUT2D eigenvalue weighted by atomic mass is 10.0. The maximum atomic E-state index is 11.8. The molecule has 0 spiro atoms. The average molecular weight is 273 g/mol. The summed E-state index contributed by atoms with van der Waals surface area (Å²) in [5.41, 5.74) is 6.58. The van der Waals surface area contributed by atoms with Crippen LogP contribution in [0.15, 0.2) is 24.3 Å². The molecule has 102 valence electrons. The summed E-state index contributed by atoms with van der Waals surface area (Å²) >= 11 is 0. The Balaban J connectivity index is 3.00. The monoisotopic (exact) mass is 273 g/mol. The highest BCUT2D eigenvalue weighted by molar-refractivity contribution is 7.92. The molecule has 1 rings (SSSR count). The van der Waals surface area contributed by atoms with Crippen LogP contribution in [0.4, 0.5) is 0 Å². The van der Waals surface area contributed by atoms with E-state index in [4.69, 9.17) is 10.5 Å². The molecular weight excluding hydrogens is 254 g/mol. The van der Waals surface area contributed by atoms with Gasteiger partial charge in [-0.3, -0.25) is 0 Å². The Bertz CT molecular complexity index is 469. The summed E-state index contributed by atoms with van der Waals surface area (Å²) in [6.45, 7) is 1.06. The minimum atomic E-state index is -3.38. The zero-order chi connectivity index (χ0) is 13.8. The van der Waals surface area contributed by atoms with Crippen LogP contribution < -0.4 is 10.5 Å². The van der Waals surface area contributed by atoms with Crippen molar-refractivity contribution in [3.63, 3.8) is 0 Å².